The maximum atomic E-state index is 12.5. The summed E-state index contributed by atoms with van der Waals surface area (Å²) in [5, 5.41) is 0.553. The molecule has 0 atom stereocenters. The van der Waals surface area contributed by atoms with Gasteiger partial charge in [-0.05, 0) is 56.7 Å². The Bertz CT molecular complexity index is 960. The second-order valence-corrected chi connectivity index (χ2v) is 8.51. The third kappa shape index (κ3) is 5.53. The van der Waals surface area contributed by atoms with Crippen molar-refractivity contribution in [2.75, 3.05) is 24.4 Å². The van der Waals surface area contributed by atoms with Crippen LogP contribution in [0.1, 0.15) is 19.4 Å². The van der Waals surface area contributed by atoms with Crippen LogP contribution in [0.15, 0.2) is 41.3 Å². The van der Waals surface area contributed by atoms with Crippen LogP contribution in [0.3, 0.4) is 0 Å². The summed E-state index contributed by atoms with van der Waals surface area (Å²) < 4.78 is 33.0. The molecule has 1 N–H and O–H groups in total. The van der Waals surface area contributed by atoms with E-state index >= 15 is 0 Å². The van der Waals surface area contributed by atoms with Crippen molar-refractivity contribution in [1.82, 2.24) is 4.90 Å². The number of halogens is 2. The Morgan fingerprint density at radius 3 is 2.32 bits per heavy atom. The monoisotopic (exact) mass is 444 g/mol. The number of likely N-dealkylation sites (N-methyl/N-ethyl adjacent to an activating group) is 1. The average molecular weight is 445 g/mol. The summed E-state index contributed by atoms with van der Waals surface area (Å²) in [5.41, 5.74) is 1.05. The van der Waals surface area contributed by atoms with Gasteiger partial charge in [-0.15, -0.1) is 0 Å². The zero-order chi connectivity index (χ0) is 20.9. The largest absolute Gasteiger partial charge is 0.482 e. The summed E-state index contributed by atoms with van der Waals surface area (Å²) in [6.45, 7) is 6.60. The summed E-state index contributed by atoms with van der Waals surface area (Å²) in [5.74, 6) is 0.144. The normalized spacial score (nSPS) is 11.2. The van der Waals surface area contributed by atoms with E-state index < -0.39 is 10.0 Å². The lowest BCUT2D eigenvalue weighted by Gasteiger charge is -2.19. The van der Waals surface area contributed by atoms with Crippen molar-refractivity contribution < 1.29 is 17.9 Å². The first-order valence-corrected chi connectivity index (χ1v) is 10.9. The number of rotatable bonds is 8. The molecule has 0 unspecified atom stereocenters. The molecule has 0 saturated heterocycles. The van der Waals surface area contributed by atoms with Crippen LogP contribution >= 0.6 is 23.2 Å². The minimum atomic E-state index is -3.82. The van der Waals surface area contributed by atoms with Crippen molar-refractivity contribution >= 4 is 44.8 Å². The fourth-order valence-electron chi connectivity index (χ4n) is 2.44. The van der Waals surface area contributed by atoms with E-state index in [0.717, 1.165) is 5.56 Å². The number of aryl methyl sites for hydroxylation is 1. The van der Waals surface area contributed by atoms with Crippen LogP contribution in [0.2, 0.25) is 10.0 Å². The summed E-state index contributed by atoms with van der Waals surface area (Å²) >= 11 is 12.2. The van der Waals surface area contributed by atoms with Crippen LogP contribution in [0.4, 0.5) is 5.69 Å². The van der Waals surface area contributed by atoms with E-state index in [1.165, 1.54) is 30.3 Å². The van der Waals surface area contributed by atoms with Crippen LogP contribution < -0.4 is 9.46 Å². The maximum Gasteiger partial charge on any atom is 0.261 e. The van der Waals surface area contributed by atoms with Gasteiger partial charge in [0.15, 0.2) is 6.61 Å². The van der Waals surface area contributed by atoms with Crippen LogP contribution in [-0.2, 0) is 14.8 Å². The molecule has 0 aliphatic heterocycles. The highest BCUT2D eigenvalue weighted by Gasteiger charge is 2.17. The number of carbonyl (C=O) groups is 1. The third-order valence-electron chi connectivity index (χ3n) is 4.10. The Morgan fingerprint density at radius 1 is 1.07 bits per heavy atom. The molecule has 2 rings (SSSR count). The van der Waals surface area contributed by atoms with Crippen molar-refractivity contribution in [3.63, 3.8) is 0 Å². The van der Waals surface area contributed by atoms with Crippen LogP contribution in [0, 0.1) is 6.92 Å². The number of amides is 1. The van der Waals surface area contributed by atoms with E-state index in [0.29, 0.717) is 23.9 Å². The molecule has 0 bridgehead atoms. The lowest BCUT2D eigenvalue weighted by molar-refractivity contribution is -0.132. The van der Waals surface area contributed by atoms with E-state index in [2.05, 4.69) is 4.72 Å². The first kappa shape index (κ1) is 22.3. The number of hydrogen-bond donors (Lipinski definition) is 1. The number of sulfonamides is 1. The van der Waals surface area contributed by atoms with Gasteiger partial charge in [-0.2, -0.15) is 0 Å². The number of nitrogens with zero attached hydrogens (tertiary/aromatic N) is 1. The Labute approximate surface area is 175 Å². The van der Waals surface area contributed by atoms with Gasteiger partial charge >= 0.3 is 0 Å². The quantitative estimate of drug-likeness (QED) is 0.656. The molecule has 6 nitrogen and oxygen atoms in total. The Morgan fingerprint density at radius 2 is 1.75 bits per heavy atom. The number of carbonyl (C=O) groups excluding carboxylic acids is 1. The van der Waals surface area contributed by atoms with Crippen LogP contribution in [0.5, 0.6) is 5.75 Å². The fraction of sp³-hybridized carbons (Fsp3) is 0.316. The Balaban J connectivity index is 2.11. The predicted octanol–water partition coefficient (Wildman–Crippen LogP) is 4.35. The van der Waals surface area contributed by atoms with Gasteiger partial charge in [0, 0.05) is 18.1 Å². The molecule has 0 heterocycles. The van der Waals surface area contributed by atoms with Gasteiger partial charge in [0.05, 0.1) is 15.6 Å². The minimum absolute atomic E-state index is 0.0457. The van der Waals surface area contributed by atoms with Crippen molar-refractivity contribution in [3.8, 4) is 5.75 Å². The molecule has 0 fully saturated rings. The van der Waals surface area contributed by atoms with Gasteiger partial charge in [0.25, 0.3) is 15.9 Å². The molecule has 1 amide bonds. The summed E-state index contributed by atoms with van der Waals surface area (Å²) in [4.78, 5) is 13.7. The first-order valence-electron chi connectivity index (χ1n) is 8.67. The van der Waals surface area contributed by atoms with Gasteiger partial charge in [-0.25, -0.2) is 8.42 Å². The van der Waals surface area contributed by atoms with Crippen molar-refractivity contribution in [2.24, 2.45) is 0 Å². The second-order valence-electron chi connectivity index (χ2n) is 6.02. The van der Waals surface area contributed by atoms with Crippen molar-refractivity contribution in [2.45, 2.75) is 25.7 Å². The first-order chi connectivity index (χ1) is 13.2. The minimum Gasteiger partial charge on any atom is -0.482 e. The molecule has 9 heteroatoms. The summed E-state index contributed by atoms with van der Waals surface area (Å²) in [7, 11) is -3.82. The molecular formula is C19H22Cl2N2O4S. The van der Waals surface area contributed by atoms with Gasteiger partial charge in [0.1, 0.15) is 5.75 Å². The summed E-state index contributed by atoms with van der Waals surface area (Å²) in [6, 6.07) is 8.94. The smallest absolute Gasteiger partial charge is 0.261 e. The standard InChI is InChI=1S/C19H22Cl2N2O4S/c1-4-23(5-2)19(24)12-27-18-9-7-14(10-17(18)21)22-28(25,26)15-8-6-13(3)16(20)11-15/h6-11,22H,4-5,12H2,1-3H3. The molecule has 0 aromatic heterocycles. The van der Waals surface area contributed by atoms with Gasteiger partial charge in [-0.3, -0.25) is 9.52 Å². The highest BCUT2D eigenvalue weighted by Crippen LogP contribution is 2.29. The molecule has 2 aromatic rings. The molecule has 152 valence electrons. The number of anilines is 1. The Hall–Kier alpha value is -1.96. The highest BCUT2D eigenvalue weighted by atomic mass is 35.5. The number of hydrogen-bond acceptors (Lipinski definition) is 4. The van der Waals surface area contributed by atoms with Gasteiger partial charge in [-0.1, -0.05) is 29.3 Å². The number of ether oxygens (including phenoxy) is 1. The lowest BCUT2D eigenvalue weighted by Crippen LogP contribution is -2.34. The molecule has 28 heavy (non-hydrogen) atoms. The SMILES string of the molecule is CCN(CC)C(=O)COc1ccc(NS(=O)(=O)c2ccc(C)c(Cl)c2)cc1Cl. The number of benzene rings is 2. The molecule has 0 spiro atoms. The van der Waals surface area contributed by atoms with E-state index in [9.17, 15) is 13.2 Å². The third-order valence-corrected chi connectivity index (χ3v) is 6.19. The maximum absolute atomic E-state index is 12.5. The second kappa shape index (κ2) is 9.49. The average Bonchev–Trinajstić information content (AvgIpc) is 2.64. The summed E-state index contributed by atoms with van der Waals surface area (Å²) in [6.07, 6.45) is 0. The number of nitrogens with one attached hydrogen (secondary N) is 1. The van der Waals surface area contributed by atoms with E-state index in [1.807, 2.05) is 13.8 Å². The molecule has 0 saturated carbocycles. The van der Waals surface area contributed by atoms with Crippen LogP contribution in [-0.4, -0.2) is 38.9 Å². The zero-order valence-electron chi connectivity index (χ0n) is 15.8. The van der Waals surface area contributed by atoms with Crippen molar-refractivity contribution in [1.29, 1.82) is 0 Å². The van der Waals surface area contributed by atoms with Gasteiger partial charge in [0.2, 0.25) is 0 Å². The molecule has 2 aromatic carbocycles. The molecule has 0 radical (unpaired) electrons. The van der Waals surface area contributed by atoms with E-state index in [1.54, 1.807) is 17.9 Å². The van der Waals surface area contributed by atoms with Crippen molar-refractivity contribution in [3.05, 3.63) is 52.0 Å². The van der Waals surface area contributed by atoms with E-state index in [-0.39, 0.29) is 28.1 Å². The zero-order valence-corrected chi connectivity index (χ0v) is 18.2. The molecule has 0 aliphatic rings. The fourth-order valence-corrected chi connectivity index (χ4v) is 4.00. The topological polar surface area (TPSA) is 75.7 Å². The van der Waals surface area contributed by atoms with Crippen LogP contribution in [0.25, 0.3) is 0 Å². The highest BCUT2D eigenvalue weighted by molar-refractivity contribution is 7.92. The van der Waals surface area contributed by atoms with Gasteiger partial charge < -0.3 is 9.64 Å². The molecular weight excluding hydrogens is 423 g/mol. The predicted molar refractivity (Wildman–Crippen MR) is 112 cm³/mol. The Kier molecular flexibility index (Phi) is 7.57. The molecule has 0 aliphatic carbocycles. The lowest BCUT2D eigenvalue weighted by atomic mass is 10.2. The van der Waals surface area contributed by atoms with E-state index in [4.69, 9.17) is 27.9 Å².